The van der Waals surface area contributed by atoms with E-state index in [1.165, 1.54) is 0 Å². The molecule has 1 aromatic rings. The van der Waals surface area contributed by atoms with Gasteiger partial charge in [0.15, 0.2) is 0 Å². The van der Waals surface area contributed by atoms with Crippen LogP contribution in [0.15, 0.2) is 30.3 Å². The molecule has 6 heteroatoms. The monoisotopic (exact) mass is 319 g/mol. The summed E-state index contributed by atoms with van der Waals surface area (Å²) < 4.78 is 10.8. The maximum Gasteiger partial charge on any atom is 0.410 e. The van der Waals surface area contributed by atoms with Crippen LogP contribution in [0, 0.1) is 11.3 Å². The van der Waals surface area contributed by atoms with Gasteiger partial charge in [0.05, 0.1) is 18.1 Å². The van der Waals surface area contributed by atoms with E-state index in [0.29, 0.717) is 25.9 Å². The molecule has 2 fully saturated rings. The number of carboxylic acid groups (broad SMARTS) is 1. The highest BCUT2D eigenvalue weighted by Crippen LogP contribution is 2.55. The number of methoxy groups -OCH3 is 1. The Morgan fingerprint density at radius 3 is 2.52 bits per heavy atom. The molecule has 2 aliphatic rings. The average molecular weight is 319 g/mol. The minimum absolute atomic E-state index is 0.172. The summed E-state index contributed by atoms with van der Waals surface area (Å²) in [6.45, 7) is 0.963. The molecule has 124 valence electrons. The van der Waals surface area contributed by atoms with E-state index in [-0.39, 0.29) is 18.6 Å². The fourth-order valence-electron chi connectivity index (χ4n) is 3.38. The van der Waals surface area contributed by atoms with E-state index in [9.17, 15) is 14.7 Å². The van der Waals surface area contributed by atoms with Gasteiger partial charge in [0.2, 0.25) is 0 Å². The van der Waals surface area contributed by atoms with Crippen LogP contribution in [0.25, 0.3) is 0 Å². The van der Waals surface area contributed by atoms with Crippen LogP contribution in [0.1, 0.15) is 18.4 Å². The Morgan fingerprint density at radius 2 is 1.96 bits per heavy atom. The highest BCUT2D eigenvalue weighted by molar-refractivity contribution is 5.79. The van der Waals surface area contributed by atoms with E-state index in [1.807, 2.05) is 30.3 Å². The third-order valence-corrected chi connectivity index (χ3v) is 4.96. The lowest BCUT2D eigenvalue weighted by Crippen LogP contribution is -2.34. The van der Waals surface area contributed by atoms with Crippen LogP contribution < -0.4 is 0 Å². The Bertz CT molecular complexity index is 584. The van der Waals surface area contributed by atoms with Crippen molar-refractivity contribution in [3.05, 3.63) is 35.9 Å². The Balaban J connectivity index is 1.61. The molecule has 0 unspecified atom stereocenters. The molecule has 0 bridgehead atoms. The molecule has 2 atom stereocenters. The Labute approximate surface area is 135 Å². The first kappa shape index (κ1) is 15.8. The van der Waals surface area contributed by atoms with Crippen LogP contribution in [0.3, 0.4) is 0 Å². The van der Waals surface area contributed by atoms with Crippen LogP contribution in [0.4, 0.5) is 4.79 Å². The van der Waals surface area contributed by atoms with Crippen molar-refractivity contribution in [2.24, 2.45) is 11.3 Å². The van der Waals surface area contributed by atoms with E-state index in [1.54, 1.807) is 12.0 Å². The number of amides is 1. The number of aliphatic carboxylic acids is 1. The van der Waals surface area contributed by atoms with E-state index in [4.69, 9.17) is 9.47 Å². The van der Waals surface area contributed by atoms with E-state index < -0.39 is 17.5 Å². The molecule has 1 aromatic carbocycles. The van der Waals surface area contributed by atoms with Gasteiger partial charge in [-0.3, -0.25) is 4.79 Å². The molecule has 1 saturated carbocycles. The molecule has 0 aromatic heterocycles. The number of carbonyl (C=O) groups is 2. The van der Waals surface area contributed by atoms with Gasteiger partial charge in [-0.15, -0.1) is 0 Å². The standard InChI is InChI=1S/C17H21NO5/c1-22-14-10-18(9-13(14)17(7-8-17)15(19)20)16(21)23-11-12-5-3-2-4-6-12/h2-6,13-14H,7-11H2,1H3,(H,19,20)/t13-,14-/m0/s1. The minimum Gasteiger partial charge on any atom is -0.481 e. The third-order valence-electron chi connectivity index (χ3n) is 4.96. The first-order valence-electron chi connectivity index (χ1n) is 7.78. The van der Waals surface area contributed by atoms with Gasteiger partial charge in [0.25, 0.3) is 0 Å². The number of benzene rings is 1. The lowest BCUT2D eigenvalue weighted by molar-refractivity contribution is -0.147. The number of nitrogens with zero attached hydrogens (tertiary/aromatic N) is 1. The van der Waals surface area contributed by atoms with Crippen molar-refractivity contribution in [1.82, 2.24) is 4.90 Å². The second-order valence-electron chi connectivity index (χ2n) is 6.29. The van der Waals surface area contributed by atoms with Gasteiger partial charge in [-0.2, -0.15) is 0 Å². The predicted octanol–water partition coefficient (Wildman–Crippen LogP) is 2.13. The van der Waals surface area contributed by atoms with Gasteiger partial charge >= 0.3 is 12.1 Å². The molecule has 1 amide bonds. The molecule has 1 aliphatic carbocycles. The van der Waals surface area contributed by atoms with Crippen LogP contribution in [0.5, 0.6) is 0 Å². The maximum atomic E-state index is 12.2. The second-order valence-corrected chi connectivity index (χ2v) is 6.29. The zero-order valence-corrected chi connectivity index (χ0v) is 13.1. The van der Waals surface area contributed by atoms with Crippen LogP contribution >= 0.6 is 0 Å². The molecule has 23 heavy (non-hydrogen) atoms. The quantitative estimate of drug-likeness (QED) is 0.900. The van der Waals surface area contributed by atoms with Crippen LogP contribution in [0.2, 0.25) is 0 Å². The van der Waals surface area contributed by atoms with Crippen molar-refractivity contribution in [3.8, 4) is 0 Å². The number of carbonyl (C=O) groups excluding carboxylic acids is 1. The van der Waals surface area contributed by atoms with Gasteiger partial charge in [0, 0.05) is 19.6 Å². The van der Waals surface area contributed by atoms with Gasteiger partial charge in [-0.1, -0.05) is 30.3 Å². The molecule has 1 aliphatic heterocycles. The predicted molar refractivity (Wildman–Crippen MR) is 81.8 cm³/mol. The largest absolute Gasteiger partial charge is 0.481 e. The number of carboxylic acids is 1. The summed E-state index contributed by atoms with van der Waals surface area (Å²) in [4.78, 5) is 25.3. The highest BCUT2D eigenvalue weighted by atomic mass is 16.6. The summed E-state index contributed by atoms with van der Waals surface area (Å²) in [6.07, 6.45) is 0.636. The normalized spacial score (nSPS) is 25.2. The molecule has 3 rings (SSSR count). The van der Waals surface area contributed by atoms with E-state index in [2.05, 4.69) is 0 Å². The van der Waals surface area contributed by atoms with Crippen molar-refractivity contribution < 1.29 is 24.2 Å². The summed E-state index contributed by atoms with van der Waals surface area (Å²) >= 11 is 0. The summed E-state index contributed by atoms with van der Waals surface area (Å²) in [7, 11) is 1.56. The van der Waals surface area contributed by atoms with Crippen LogP contribution in [-0.2, 0) is 20.9 Å². The smallest absolute Gasteiger partial charge is 0.410 e. The molecular weight excluding hydrogens is 298 g/mol. The third kappa shape index (κ3) is 3.03. The topological polar surface area (TPSA) is 76.1 Å². The number of likely N-dealkylation sites (tertiary alicyclic amines) is 1. The molecule has 1 heterocycles. The summed E-state index contributed by atoms with van der Waals surface area (Å²) in [6, 6.07) is 9.46. The summed E-state index contributed by atoms with van der Waals surface area (Å²) in [5, 5.41) is 9.46. The van der Waals surface area contributed by atoms with Crippen molar-refractivity contribution in [1.29, 1.82) is 0 Å². The Kier molecular flexibility index (Phi) is 4.26. The lowest BCUT2D eigenvalue weighted by Gasteiger charge is -2.22. The zero-order chi connectivity index (χ0) is 16.4. The number of rotatable bonds is 5. The molecule has 6 nitrogen and oxygen atoms in total. The maximum absolute atomic E-state index is 12.2. The highest BCUT2D eigenvalue weighted by Gasteiger charge is 2.61. The molecule has 0 spiro atoms. The number of hydrogen-bond acceptors (Lipinski definition) is 4. The van der Waals surface area contributed by atoms with Crippen molar-refractivity contribution in [2.75, 3.05) is 20.2 Å². The average Bonchev–Trinajstić information content (AvgIpc) is 3.27. The number of hydrogen-bond donors (Lipinski definition) is 1. The lowest BCUT2D eigenvalue weighted by atomic mass is 9.86. The second kappa shape index (κ2) is 6.20. The SMILES string of the molecule is CO[C@H]1CN(C(=O)OCc2ccccc2)C[C@@H]1C1(C(=O)O)CC1. The van der Waals surface area contributed by atoms with E-state index in [0.717, 1.165) is 5.56 Å². The van der Waals surface area contributed by atoms with Crippen molar-refractivity contribution in [2.45, 2.75) is 25.6 Å². The Morgan fingerprint density at radius 1 is 1.26 bits per heavy atom. The van der Waals surface area contributed by atoms with Crippen molar-refractivity contribution in [3.63, 3.8) is 0 Å². The molecule has 1 saturated heterocycles. The number of ether oxygens (including phenoxy) is 2. The van der Waals surface area contributed by atoms with Gasteiger partial charge in [0.1, 0.15) is 6.61 Å². The van der Waals surface area contributed by atoms with Gasteiger partial charge < -0.3 is 19.5 Å². The first-order valence-corrected chi connectivity index (χ1v) is 7.78. The Hall–Kier alpha value is -2.08. The molecule has 0 radical (unpaired) electrons. The van der Waals surface area contributed by atoms with Crippen molar-refractivity contribution >= 4 is 12.1 Å². The minimum atomic E-state index is -0.788. The fraction of sp³-hybridized carbons (Fsp3) is 0.529. The molecule has 1 N–H and O–H groups in total. The summed E-state index contributed by atoms with van der Waals surface area (Å²) in [5.74, 6) is -0.960. The van der Waals surface area contributed by atoms with E-state index >= 15 is 0 Å². The first-order chi connectivity index (χ1) is 11.1. The van der Waals surface area contributed by atoms with Gasteiger partial charge in [-0.05, 0) is 18.4 Å². The molecular formula is C17H21NO5. The van der Waals surface area contributed by atoms with Gasteiger partial charge in [-0.25, -0.2) is 4.79 Å². The fourth-order valence-corrected chi connectivity index (χ4v) is 3.38. The van der Waals surface area contributed by atoms with Crippen LogP contribution in [-0.4, -0.2) is 48.4 Å². The zero-order valence-electron chi connectivity index (χ0n) is 13.1. The summed E-state index contributed by atoms with van der Waals surface area (Å²) in [5.41, 5.74) is 0.193.